The van der Waals surface area contributed by atoms with Crippen LogP contribution >= 0.6 is 0 Å². The number of aromatic nitrogens is 1. The lowest BCUT2D eigenvalue weighted by Gasteiger charge is -2.16. The Morgan fingerprint density at radius 2 is 0.923 bits per heavy atom. The predicted octanol–water partition coefficient (Wildman–Crippen LogP) is 10.5. The van der Waals surface area contributed by atoms with E-state index in [1.54, 1.807) is 0 Å². The molecule has 9 rings (SSSR count). The van der Waals surface area contributed by atoms with Crippen LogP contribution < -0.4 is 0 Å². The minimum absolute atomic E-state index is 1.22. The number of nitrogens with zero attached hydrogens (tertiary/aromatic N) is 1. The van der Waals surface area contributed by atoms with Crippen molar-refractivity contribution >= 4 is 75.7 Å². The number of fused-ring (bicyclic) bond motifs is 13. The summed E-state index contributed by atoms with van der Waals surface area (Å²) in [5, 5.41) is 15.5. The number of rotatable bonds is 1. The molecule has 0 radical (unpaired) electrons. The second-order valence-corrected chi connectivity index (χ2v) is 10.5. The van der Waals surface area contributed by atoms with Gasteiger partial charge in [-0.2, -0.15) is 0 Å². The summed E-state index contributed by atoms with van der Waals surface area (Å²) in [6.45, 7) is 0. The van der Waals surface area contributed by atoms with Gasteiger partial charge in [0.2, 0.25) is 0 Å². The highest BCUT2D eigenvalue weighted by Gasteiger charge is 2.21. The number of para-hydroxylation sites is 1. The first-order valence-electron chi connectivity index (χ1n) is 13.5. The van der Waals surface area contributed by atoms with Crippen molar-refractivity contribution in [2.24, 2.45) is 0 Å². The summed E-state index contributed by atoms with van der Waals surface area (Å²) in [5.74, 6) is 0. The zero-order valence-electron chi connectivity index (χ0n) is 21.2. The Bertz CT molecular complexity index is 2440. The summed E-state index contributed by atoms with van der Waals surface area (Å²) in [5.41, 5.74) is 3.73. The van der Waals surface area contributed by atoms with Crippen LogP contribution in [0.1, 0.15) is 0 Å². The van der Waals surface area contributed by atoms with Crippen LogP contribution in [0, 0.1) is 0 Å². The van der Waals surface area contributed by atoms with Crippen LogP contribution in [-0.2, 0) is 0 Å². The SMILES string of the molecule is c1ccc2c(c1)cc(-n1c3ccccc3c3c4ccc5ccccc5c4c4ccccc4c31)c1ccccc12. The van der Waals surface area contributed by atoms with Gasteiger partial charge in [-0.3, -0.25) is 0 Å². The van der Waals surface area contributed by atoms with Crippen LogP contribution in [0.2, 0.25) is 0 Å². The van der Waals surface area contributed by atoms with Gasteiger partial charge in [0.05, 0.1) is 16.7 Å². The molecule has 0 N–H and O–H groups in total. The number of hydrogen-bond acceptors (Lipinski definition) is 0. The van der Waals surface area contributed by atoms with Crippen LogP contribution in [0.3, 0.4) is 0 Å². The van der Waals surface area contributed by atoms with Gasteiger partial charge in [0.1, 0.15) is 0 Å². The number of benzene rings is 8. The van der Waals surface area contributed by atoms with Crippen LogP contribution in [0.5, 0.6) is 0 Å². The Morgan fingerprint density at radius 3 is 1.74 bits per heavy atom. The van der Waals surface area contributed by atoms with Gasteiger partial charge in [-0.15, -0.1) is 0 Å². The highest BCUT2D eigenvalue weighted by Crippen LogP contribution is 2.45. The van der Waals surface area contributed by atoms with Gasteiger partial charge in [0.25, 0.3) is 0 Å². The molecule has 0 unspecified atom stereocenters. The quantitative estimate of drug-likeness (QED) is 0.200. The van der Waals surface area contributed by atoms with Gasteiger partial charge in [-0.05, 0) is 55.2 Å². The van der Waals surface area contributed by atoms with Gasteiger partial charge in [-0.1, -0.05) is 127 Å². The monoisotopic (exact) mass is 493 g/mol. The fourth-order valence-corrected chi connectivity index (χ4v) is 6.92. The standard InChI is InChI=1S/C38H23N/c1-4-14-27-24(11-1)21-22-33-36(27)30-17-7-8-18-31(30)38-37(33)32-19-9-10-20-34(32)39(38)35-23-25-12-2-3-13-26(25)28-15-5-6-16-29(28)35/h1-23H. The fourth-order valence-electron chi connectivity index (χ4n) is 6.92. The van der Waals surface area contributed by atoms with Crippen LogP contribution in [0.25, 0.3) is 81.4 Å². The molecule has 0 fully saturated rings. The molecule has 1 heteroatoms. The topological polar surface area (TPSA) is 4.93 Å². The first-order chi connectivity index (χ1) is 19.4. The van der Waals surface area contributed by atoms with Crippen molar-refractivity contribution in [2.75, 3.05) is 0 Å². The van der Waals surface area contributed by atoms with Gasteiger partial charge >= 0.3 is 0 Å². The summed E-state index contributed by atoms with van der Waals surface area (Å²) in [6, 6.07) is 51.2. The maximum Gasteiger partial charge on any atom is 0.0626 e. The molecule has 39 heavy (non-hydrogen) atoms. The molecule has 1 nitrogen and oxygen atoms in total. The molecular formula is C38H23N. The van der Waals surface area contributed by atoms with E-state index in [4.69, 9.17) is 0 Å². The summed E-state index contributed by atoms with van der Waals surface area (Å²) >= 11 is 0. The molecule has 0 aliphatic heterocycles. The lowest BCUT2D eigenvalue weighted by molar-refractivity contribution is 1.21. The van der Waals surface area contributed by atoms with E-state index in [1.165, 1.54) is 81.4 Å². The summed E-state index contributed by atoms with van der Waals surface area (Å²) in [4.78, 5) is 0. The molecule has 0 aliphatic carbocycles. The molecular weight excluding hydrogens is 470 g/mol. The summed E-state index contributed by atoms with van der Waals surface area (Å²) in [6.07, 6.45) is 0. The second kappa shape index (κ2) is 7.69. The van der Waals surface area contributed by atoms with Gasteiger partial charge in [0.15, 0.2) is 0 Å². The lowest BCUT2D eigenvalue weighted by Crippen LogP contribution is -1.97. The Hall–Kier alpha value is -5.14. The van der Waals surface area contributed by atoms with E-state index in [0.717, 1.165) is 0 Å². The Morgan fingerprint density at radius 1 is 0.333 bits per heavy atom. The van der Waals surface area contributed by atoms with Crippen molar-refractivity contribution in [3.63, 3.8) is 0 Å². The third-order valence-electron chi connectivity index (χ3n) is 8.51. The zero-order chi connectivity index (χ0) is 25.5. The lowest BCUT2D eigenvalue weighted by atomic mass is 9.93. The van der Waals surface area contributed by atoms with Crippen molar-refractivity contribution in [1.29, 1.82) is 0 Å². The van der Waals surface area contributed by atoms with Crippen molar-refractivity contribution in [3.05, 3.63) is 140 Å². The van der Waals surface area contributed by atoms with Gasteiger partial charge in [-0.25, -0.2) is 0 Å². The average molecular weight is 494 g/mol. The van der Waals surface area contributed by atoms with Crippen molar-refractivity contribution in [1.82, 2.24) is 4.57 Å². The molecule has 0 bridgehead atoms. The van der Waals surface area contributed by atoms with E-state index < -0.39 is 0 Å². The molecule has 0 saturated carbocycles. The van der Waals surface area contributed by atoms with E-state index in [1.807, 2.05) is 0 Å². The summed E-state index contributed by atoms with van der Waals surface area (Å²) < 4.78 is 2.52. The molecule has 9 aromatic rings. The fraction of sp³-hybridized carbons (Fsp3) is 0. The zero-order valence-corrected chi connectivity index (χ0v) is 21.2. The summed E-state index contributed by atoms with van der Waals surface area (Å²) in [7, 11) is 0. The maximum absolute atomic E-state index is 2.52. The Balaban J connectivity index is 1.61. The molecule has 0 spiro atoms. The van der Waals surface area contributed by atoms with Crippen molar-refractivity contribution < 1.29 is 0 Å². The van der Waals surface area contributed by atoms with Crippen LogP contribution in [-0.4, -0.2) is 4.57 Å². The number of hydrogen-bond donors (Lipinski definition) is 0. The van der Waals surface area contributed by atoms with Crippen LogP contribution in [0.15, 0.2) is 140 Å². The van der Waals surface area contributed by atoms with Crippen LogP contribution in [0.4, 0.5) is 0 Å². The molecule has 0 amide bonds. The van der Waals surface area contributed by atoms with Gasteiger partial charge < -0.3 is 4.57 Å². The third kappa shape index (κ3) is 2.74. The highest BCUT2D eigenvalue weighted by atomic mass is 15.0. The van der Waals surface area contributed by atoms with Crippen molar-refractivity contribution in [2.45, 2.75) is 0 Å². The highest BCUT2D eigenvalue weighted by molar-refractivity contribution is 6.36. The second-order valence-electron chi connectivity index (χ2n) is 10.5. The first kappa shape index (κ1) is 20.9. The smallest absolute Gasteiger partial charge is 0.0626 e. The average Bonchev–Trinajstić information content (AvgIpc) is 3.36. The van der Waals surface area contributed by atoms with E-state index in [0.29, 0.717) is 0 Å². The largest absolute Gasteiger partial charge is 0.308 e. The minimum Gasteiger partial charge on any atom is -0.308 e. The maximum atomic E-state index is 2.52. The molecule has 0 atom stereocenters. The molecule has 0 saturated heterocycles. The Labute approximate surface area is 225 Å². The van der Waals surface area contributed by atoms with E-state index >= 15 is 0 Å². The third-order valence-corrected chi connectivity index (χ3v) is 8.51. The molecule has 1 aromatic heterocycles. The van der Waals surface area contributed by atoms with E-state index in [9.17, 15) is 0 Å². The van der Waals surface area contributed by atoms with E-state index in [-0.39, 0.29) is 0 Å². The Kier molecular flexibility index (Phi) is 4.11. The van der Waals surface area contributed by atoms with Gasteiger partial charge in [0, 0.05) is 21.5 Å². The molecule has 8 aromatic carbocycles. The molecule has 1 heterocycles. The first-order valence-corrected chi connectivity index (χ1v) is 13.5. The molecule has 0 aliphatic rings. The van der Waals surface area contributed by atoms with E-state index in [2.05, 4.69) is 144 Å². The normalized spacial score (nSPS) is 12.1. The minimum atomic E-state index is 1.22. The molecule has 180 valence electrons. The predicted molar refractivity (Wildman–Crippen MR) is 168 cm³/mol. The van der Waals surface area contributed by atoms with Crippen molar-refractivity contribution in [3.8, 4) is 5.69 Å².